The third kappa shape index (κ3) is 2.91. The average molecular weight is 290 g/mol. The van der Waals surface area contributed by atoms with Gasteiger partial charge in [0.1, 0.15) is 5.41 Å². The number of hydrogen-bond donors (Lipinski definition) is 0. The summed E-state index contributed by atoms with van der Waals surface area (Å²) in [6, 6.07) is 23.1. The lowest BCUT2D eigenvalue weighted by Gasteiger charge is -2.30. The van der Waals surface area contributed by atoms with Gasteiger partial charge in [-0.25, -0.2) is 0 Å². The zero-order chi connectivity index (χ0) is 15.3. The molecule has 2 heteroatoms. The smallest absolute Gasteiger partial charge is 0.108 e. The quantitative estimate of drug-likeness (QED) is 0.832. The molecule has 0 atom stereocenters. The Hall–Kier alpha value is -2.11. The Morgan fingerprint density at radius 2 is 1.36 bits per heavy atom. The average Bonchev–Trinajstić information content (AvgIpc) is 3.11. The number of hydrogen-bond acceptors (Lipinski definition) is 2. The minimum atomic E-state index is -0.550. The summed E-state index contributed by atoms with van der Waals surface area (Å²) in [5, 5.41) is 10.1. The standard InChI is InChI=1S/C20H22N2/c21-17-20(18-9-3-1-4-10-18,19-11-5-2-6-12-19)13-16-22-14-7-8-15-22/h1-6,9-12H,7-8,13-16H2. The van der Waals surface area contributed by atoms with Crippen molar-refractivity contribution in [3.05, 3.63) is 71.8 Å². The zero-order valence-corrected chi connectivity index (χ0v) is 12.9. The van der Waals surface area contributed by atoms with Crippen LogP contribution in [0, 0.1) is 11.3 Å². The van der Waals surface area contributed by atoms with Gasteiger partial charge in [0, 0.05) is 6.54 Å². The highest BCUT2D eigenvalue weighted by Gasteiger charge is 2.34. The van der Waals surface area contributed by atoms with Crippen molar-refractivity contribution in [1.29, 1.82) is 5.26 Å². The van der Waals surface area contributed by atoms with Gasteiger partial charge in [-0.2, -0.15) is 5.26 Å². The minimum Gasteiger partial charge on any atom is -0.303 e. The molecule has 112 valence electrons. The molecule has 3 rings (SSSR count). The zero-order valence-electron chi connectivity index (χ0n) is 12.9. The third-order valence-electron chi connectivity index (χ3n) is 4.73. The molecule has 2 aromatic rings. The Balaban J connectivity index is 1.95. The molecular weight excluding hydrogens is 268 g/mol. The van der Waals surface area contributed by atoms with E-state index in [1.54, 1.807) is 0 Å². The number of likely N-dealkylation sites (tertiary alicyclic amines) is 1. The highest BCUT2D eigenvalue weighted by atomic mass is 15.1. The molecule has 0 radical (unpaired) electrons. The lowest BCUT2D eigenvalue weighted by Crippen LogP contribution is -2.32. The Morgan fingerprint density at radius 1 is 0.864 bits per heavy atom. The van der Waals surface area contributed by atoms with E-state index in [9.17, 15) is 5.26 Å². The summed E-state index contributed by atoms with van der Waals surface area (Å²) < 4.78 is 0. The first-order valence-electron chi connectivity index (χ1n) is 8.10. The van der Waals surface area contributed by atoms with E-state index in [-0.39, 0.29) is 0 Å². The van der Waals surface area contributed by atoms with E-state index in [1.807, 2.05) is 36.4 Å². The number of nitriles is 1. The maximum Gasteiger partial charge on any atom is 0.108 e. The van der Waals surface area contributed by atoms with E-state index in [0.29, 0.717) is 0 Å². The molecule has 1 fully saturated rings. The van der Waals surface area contributed by atoms with Gasteiger partial charge in [-0.15, -0.1) is 0 Å². The van der Waals surface area contributed by atoms with E-state index in [2.05, 4.69) is 35.2 Å². The molecule has 1 heterocycles. The van der Waals surface area contributed by atoms with Crippen molar-refractivity contribution in [2.45, 2.75) is 24.7 Å². The molecule has 0 bridgehead atoms. The summed E-state index contributed by atoms with van der Waals surface area (Å²) in [7, 11) is 0. The Bertz CT molecular complexity index is 582. The van der Waals surface area contributed by atoms with Crippen LogP contribution in [-0.2, 0) is 5.41 Å². The van der Waals surface area contributed by atoms with Crippen LogP contribution in [0.1, 0.15) is 30.4 Å². The molecule has 1 aliphatic rings. The summed E-state index contributed by atoms with van der Waals surface area (Å²) in [6.45, 7) is 3.33. The number of nitrogens with zero attached hydrogens (tertiary/aromatic N) is 2. The Morgan fingerprint density at radius 3 is 1.82 bits per heavy atom. The van der Waals surface area contributed by atoms with Crippen LogP contribution in [-0.4, -0.2) is 24.5 Å². The van der Waals surface area contributed by atoms with Gasteiger partial charge in [0.15, 0.2) is 0 Å². The van der Waals surface area contributed by atoms with E-state index in [4.69, 9.17) is 0 Å². The van der Waals surface area contributed by atoms with Crippen molar-refractivity contribution >= 4 is 0 Å². The monoisotopic (exact) mass is 290 g/mol. The van der Waals surface area contributed by atoms with Gasteiger partial charge in [0.25, 0.3) is 0 Å². The van der Waals surface area contributed by atoms with E-state index in [1.165, 1.54) is 25.9 Å². The second-order valence-corrected chi connectivity index (χ2v) is 6.05. The van der Waals surface area contributed by atoms with Crippen LogP contribution < -0.4 is 0 Å². The summed E-state index contributed by atoms with van der Waals surface area (Å²) in [4.78, 5) is 2.48. The predicted octanol–water partition coefficient (Wildman–Crippen LogP) is 3.98. The van der Waals surface area contributed by atoms with Gasteiger partial charge in [-0.05, 0) is 43.5 Å². The Kier molecular flexibility index (Phi) is 4.56. The van der Waals surface area contributed by atoms with Crippen LogP contribution in [0.15, 0.2) is 60.7 Å². The molecule has 22 heavy (non-hydrogen) atoms. The van der Waals surface area contributed by atoms with Gasteiger partial charge >= 0.3 is 0 Å². The SMILES string of the molecule is N#CC(CCN1CCCC1)(c1ccccc1)c1ccccc1. The highest BCUT2D eigenvalue weighted by Crippen LogP contribution is 2.35. The van der Waals surface area contributed by atoms with Gasteiger partial charge in [-0.3, -0.25) is 0 Å². The fourth-order valence-corrected chi connectivity index (χ4v) is 3.42. The van der Waals surface area contributed by atoms with E-state index in [0.717, 1.165) is 24.1 Å². The molecule has 0 spiro atoms. The van der Waals surface area contributed by atoms with Crippen molar-refractivity contribution in [3.63, 3.8) is 0 Å². The van der Waals surface area contributed by atoms with Crippen molar-refractivity contribution in [2.75, 3.05) is 19.6 Å². The minimum absolute atomic E-state index is 0.550. The molecule has 0 aliphatic carbocycles. The molecular formula is C20H22N2. The maximum absolute atomic E-state index is 10.1. The summed E-state index contributed by atoms with van der Waals surface area (Å²) >= 11 is 0. The first-order valence-corrected chi connectivity index (χ1v) is 8.10. The van der Waals surface area contributed by atoms with Crippen LogP contribution in [0.3, 0.4) is 0 Å². The van der Waals surface area contributed by atoms with Crippen LogP contribution in [0.2, 0.25) is 0 Å². The van der Waals surface area contributed by atoms with Crippen LogP contribution in [0.5, 0.6) is 0 Å². The predicted molar refractivity (Wildman–Crippen MR) is 89.6 cm³/mol. The van der Waals surface area contributed by atoms with Crippen molar-refractivity contribution in [2.24, 2.45) is 0 Å². The molecule has 0 aromatic heterocycles. The first-order chi connectivity index (χ1) is 10.8. The lowest BCUT2D eigenvalue weighted by molar-refractivity contribution is 0.315. The van der Waals surface area contributed by atoms with Crippen molar-refractivity contribution in [3.8, 4) is 6.07 Å². The van der Waals surface area contributed by atoms with Crippen LogP contribution in [0.4, 0.5) is 0 Å². The fourth-order valence-electron chi connectivity index (χ4n) is 3.42. The van der Waals surface area contributed by atoms with Crippen LogP contribution in [0.25, 0.3) is 0 Å². The fraction of sp³-hybridized carbons (Fsp3) is 0.350. The van der Waals surface area contributed by atoms with Gasteiger partial charge in [-0.1, -0.05) is 60.7 Å². The first kappa shape index (κ1) is 14.8. The molecule has 0 amide bonds. The second-order valence-electron chi connectivity index (χ2n) is 6.05. The molecule has 2 nitrogen and oxygen atoms in total. The molecule has 2 aromatic carbocycles. The molecule has 0 N–H and O–H groups in total. The molecule has 0 unspecified atom stereocenters. The van der Waals surface area contributed by atoms with Gasteiger partial charge < -0.3 is 4.90 Å². The normalized spacial score (nSPS) is 15.6. The number of rotatable bonds is 5. The third-order valence-corrected chi connectivity index (χ3v) is 4.73. The number of benzene rings is 2. The summed E-state index contributed by atoms with van der Waals surface area (Å²) in [5.41, 5.74) is 1.65. The summed E-state index contributed by atoms with van der Waals surface area (Å²) in [5.74, 6) is 0. The highest BCUT2D eigenvalue weighted by molar-refractivity contribution is 5.45. The van der Waals surface area contributed by atoms with Crippen molar-refractivity contribution < 1.29 is 0 Å². The van der Waals surface area contributed by atoms with Crippen molar-refractivity contribution in [1.82, 2.24) is 4.90 Å². The summed E-state index contributed by atoms with van der Waals surface area (Å²) in [6.07, 6.45) is 3.42. The van der Waals surface area contributed by atoms with E-state index >= 15 is 0 Å². The maximum atomic E-state index is 10.1. The molecule has 1 saturated heterocycles. The molecule has 0 saturated carbocycles. The topological polar surface area (TPSA) is 27.0 Å². The largest absolute Gasteiger partial charge is 0.303 e. The van der Waals surface area contributed by atoms with Gasteiger partial charge in [0.2, 0.25) is 0 Å². The lowest BCUT2D eigenvalue weighted by atomic mass is 9.73. The van der Waals surface area contributed by atoms with Gasteiger partial charge in [0.05, 0.1) is 6.07 Å². The van der Waals surface area contributed by atoms with E-state index < -0.39 is 5.41 Å². The molecule has 1 aliphatic heterocycles. The van der Waals surface area contributed by atoms with Crippen LogP contribution >= 0.6 is 0 Å². The second kappa shape index (κ2) is 6.77. The Labute approximate surface area is 133 Å².